The first-order chi connectivity index (χ1) is 9.66. The fourth-order valence-electron chi connectivity index (χ4n) is 2.60. The van der Waals surface area contributed by atoms with Crippen molar-refractivity contribution < 1.29 is 18.3 Å². The lowest BCUT2D eigenvalue weighted by molar-refractivity contribution is -0.0498. The van der Waals surface area contributed by atoms with Gasteiger partial charge in [0.2, 0.25) is 0 Å². The highest BCUT2D eigenvalue weighted by Crippen LogP contribution is 2.30. The van der Waals surface area contributed by atoms with Crippen LogP contribution in [0.3, 0.4) is 0 Å². The molecule has 1 aromatic heterocycles. The maximum atomic E-state index is 12.5. The zero-order valence-corrected chi connectivity index (χ0v) is 10.7. The molecule has 0 atom stereocenters. The fraction of sp³-hybridized carbons (Fsp3) is 0.267. The number of Topliss-reactive ketones (excluding diaryl/α,β-unsaturated/α-hetero) is 1. The summed E-state index contributed by atoms with van der Waals surface area (Å²) in [6, 6.07) is 8.35. The van der Waals surface area contributed by atoms with Crippen LogP contribution in [0.15, 0.2) is 36.5 Å². The van der Waals surface area contributed by atoms with Gasteiger partial charge in [-0.1, -0.05) is 12.1 Å². The van der Waals surface area contributed by atoms with Crippen molar-refractivity contribution in [3.05, 3.63) is 47.8 Å². The Bertz CT molecular complexity index is 649. The molecule has 0 N–H and O–H groups in total. The van der Waals surface area contributed by atoms with E-state index in [1.165, 1.54) is 6.07 Å². The van der Waals surface area contributed by atoms with Gasteiger partial charge in [-0.05, 0) is 31.0 Å². The highest BCUT2D eigenvalue weighted by atomic mass is 19.3. The van der Waals surface area contributed by atoms with Gasteiger partial charge in [-0.15, -0.1) is 0 Å². The van der Waals surface area contributed by atoms with E-state index in [4.69, 9.17) is 0 Å². The predicted octanol–water partition coefficient (Wildman–Crippen LogP) is 3.60. The number of benzene rings is 1. The second-order valence-corrected chi connectivity index (χ2v) is 4.67. The predicted molar refractivity (Wildman–Crippen MR) is 69.7 cm³/mol. The Labute approximate surface area is 114 Å². The quantitative estimate of drug-likeness (QED) is 0.858. The maximum absolute atomic E-state index is 12.5. The summed E-state index contributed by atoms with van der Waals surface area (Å²) in [5, 5.41) is 0. The van der Waals surface area contributed by atoms with Gasteiger partial charge in [0.05, 0.1) is 5.69 Å². The van der Waals surface area contributed by atoms with Crippen LogP contribution < -0.4 is 4.74 Å². The number of carbonyl (C=O) groups is 1. The van der Waals surface area contributed by atoms with Crippen LogP contribution in [0.1, 0.15) is 28.9 Å². The summed E-state index contributed by atoms with van der Waals surface area (Å²) >= 11 is 0. The molecule has 0 fully saturated rings. The van der Waals surface area contributed by atoms with Crippen molar-refractivity contribution in [2.75, 3.05) is 0 Å². The zero-order valence-electron chi connectivity index (χ0n) is 10.7. The molecule has 0 spiro atoms. The monoisotopic (exact) mass is 277 g/mol. The van der Waals surface area contributed by atoms with Gasteiger partial charge < -0.3 is 9.30 Å². The molecule has 0 unspecified atom stereocenters. The normalized spacial score (nSPS) is 14.4. The highest BCUT2D eigenvalue weighted by molar-refractivity contribution is 5.98. The first kappa shape index (κ1) is 12.8. The molecule has 1 aliphatic rings. The molecule has 0 aliphatic heterocycles. The number of carbonyl (C=O) groups excluding carboxylic acids is 1. The largest absolute Gasteiger partial charge is 0.433 e. The average molecular weight is 277 g/mol. The summed E-state index contributed by atoms with van der Waals surface area (Å²) in [6.45, 7) is -2.87. The molecule has 2 aromatic rings. The van der Waals surface area contributed by atoms with E-state index in [0.717, 1.165) is 18.5 Å². The van der Waals surface area contributed by atoms with E-state index in [1.54, 1.807) is 35.0 Å². The summed E-state index contributed by atoms with van der Waals surface area (Å²) in [7, 11) is 0. The van der Waals surface area contributed by atoms with Crippen molar-refractivity contribution in [3.63, 3.8) is 0 Å². The van der Waals surface area contributed by atoms with Crippen molar-refractivity contribution in [1.29, 1.82) is 0 Å². The zero-order chi connectivity index (χ0) is 14.1. The van der Waals surface area contributed by atoms with Gasteiger partial charge in [-0.3, -0.25) is 4.79 Å². The van der Waals surface area contributed by atoms with E-state index in [1.807, 2.05) is 0 Å². The number of aromatic nitrogens is 1. The molecule has 1 aromatic carbocycles. The van der Waals surface area contributed by atoms with Crippen LogP contribution in [0.25, 0.3) is 5.69 Å². The number of halogens is 2. The van der Waals surface area contributed by atoms with E-state index < -0.39 is 6.61 Å². The molecule has 1 aliphatic carbocycles. The number of fused-ring (bicyclic) bond motifs is 1. The lowest BCUT2D eigenvalue weighted by atomic mass is 9.97. The smallest absolute Gasteiger partial charge is 0.387 e. The van der Waals surface area contributed by atoms with Crippen molar-refractivity contribution in [1.82, 2.24) is 4.57 Å². The van der Waals surface area contributed by atoms with Gasteiger partial charge >= 0.3 is 6.61 Å². The molecule has 0 saturated carbocycles. The summed E-state index contributed by atoms with van der Waals surface area (Å²) in [5.74, 6) is 0.219. The molecule has 3 rings (SSSR count). The van der Waals surface area contributed by atoms with Crippen LogP contribution in [0.2, 0.25) is 0 Å². The number of nitrogens with zero attached hydrogens (tertiary/aromatic N) is 1. The number of hydrogen-bond donors (Lipinski definition) is 0. The molecular weight excluding hydrogens is 264 g/mol. The van der Waals surface area contributed by atoms with Gasteiger partial charge in [0.1, 0.15) is 5.75 Å². The molecule has 1 heterocycles. The number of alkyl halides is 2. The van der Waals surface area contributed by atoms with Crippen LogP contribution in [0, 0.1) is 0 Å². The SMILES string of the molecule is O=C1CCCc2c1ccn2-c1ccccc1OC(F)F. The molecule has 5 heteroatoms. The Morgan fingerprint density at radius 3 is 2.75 bits per heavy atom. The van der Waals surface area contributed by atoms with Crippen molar-refractivity contribution in [3.8, 4) is 11.4 Å². The maximum Gasteiger partial charge on any atom is 0.387 e. The molecule has 104 valence electrons. The molecule has 0 saturated heterocycles. The molecule has 0 radical (unpaired) electrons. The number of hydrogen-bond acceptors (Lipinski definition) is 2. The third-order valence-electron chi connectivity index (χ3n) is 3.45. The van der Waals surface area contributed by atoms with Crippen molar-refractivity contribution in [2.24, 2.45) is 0 Å². The van der Waals surface area contributed by atoms with Crippen LogP contribution >= 0.6 is 0 Å². The number of para-hydroxylation sites is 2. The van der Waals surface area contributed by atoms with Gasteiger partial charge in [-0.25, -0.2) is 0 Å². The standard InChI is InChI=1S/C15H13F2NO2/c16-15(17)20-14-7-2-1-4-12(14)18-9-8-10-11(18)5-3-6-13(10)19/h1-2,4,7-9,15H,3,5-6H2. The Kier molecular flexibility index (Phi) is 3.26. The van der Waals surface area contributed by atoms with Crippen molar-refractivity contribution in [2.45, 2.75) is 25.9 Å². The van der Waals surface area contributed by atoms with Gasteiger partial charge in [0.15, 0.2) is 5.78 Å². The second-order valence-electron chi connectivity index (χ2n) is 4.67. The molecule has 3 nitrogen and oxygen atoms in total. The lowest BCUT2D eigenvalue weighted by Crippen LogP contribution is -2.13. The average Bonchev–Trinajstić information content (AvgIpc) is 2.84. The summed E-state index contributed by atoms with van der Waals surface area (Å²) in [4.78, 5) is 11.8. The minimum atomic E-state index is -2.87. The fourth-order valence-corrected chi connectivity index (χ4v) is 2.60. The van der Waals surface area contributed by atoms with Crippen LogP contribution in [0.5, 0.6) is 5.75 Å². The van der Waals surface area contributed by atoms with Gasteiger partial charge in [0, 0.05) is 23.9 Å². The van der Waals surface area contributed by atoms with Gasteiger partial charge in [0.25, 0.3) is 0 Å². The van der Waals surface area contributed by atoms with E-state index in [2.05, 4.69) is 4.74 Å². The minimum absolute atomic E-state index is 0.109. The number of rotatable bonds is 3. The Hall–Kier alpha value is -2.17. The number of ether oxygens (including phenoxy) is 1. The Morgan fingerprint density at radius 1 is 1.15 bits per heavy atom. The lowest BCUT2D eigenvalue weighted by Gasteiger charge is -2.17. The minimum Gasteiger partial charge on any atom is -0.433 e. The van der Waals surface area contributed by atoms with Gasteiger partial charge in [-0.2, -0.15) is 8.78 Å². The van der Waals surface area contributed by atoms with Crippen LogP contribution in [-0.2, 0) is 6.42 Å². The molecule has 0 amide bonds. The summed E-state index contributed by atoms with van der Waals surface area (Å²) in [5.41, 5.74) is 2.08. The number of ketones is 1. The topological polar surface area (TPSA) is 31.2 Å². The second kappa shape index (κ2) is 5.07. The first-order valence-electron chi connectivity index (χ1n) is 6.44. The van der Waals surface area contributed by atoms with Crippen LogP contribution in [0.4, 0.5) is 8.78 Å². The first-order valence-corrected chi connectivity index (χ1v) is 6.44. The molecule has 0 bridgehead atoms. The summed E-state index contributed by atoms with van der Waals surface area (Å²) in [6.07, 6.45) is 3.83. The van der Waals surface area contributed by atoms with E-state index >= 15 is 0 Å². The van der Waals surface area contributed by atoms with E-state index in [9.17, 15) is 13.6 Å². The third-order valence-corrected chi connectivity index (χ3v) is 3.45. The highest BCUT2D eigenvalue weighted by Gasteiger charge is 2.22. The Morgan fingerprint density at radius 2 is 1.95 bits per heavy atom. The van der Waals surface area contributed by atoms with Crippen molar-refractivity contribution >= 4 is 5.78 Å². The molecule has 20 heavy (non-hydrogen) atoms. The molecular formula is C15H13F2NO2. The van der Waals surface area contributed by atoms with E-state index in [0.29, 0.717) is 17.7 Å². The summed E-state index contributed by atoms with van der Waals surface area (Å²) < 4.78 is 31.2. The Balaban J connectivity index is 2.08. The van der Waals surface area contributed by atoms with E-state index in [-0.39, 0.29) is 11.5 Å². The third kappa shape index (κ3) is 2.19. The van der Waals surface area contributed by atoms with Crippen LogP contribution in [-0.4, -0.2) is 17.0 Å².